The topological polar surface area (TPSA) is 101 Å². The summed E-state index contributed by atoms with van der Waals surface area (Å²) in [5.41, 5.74) is 12.7. The minimum atomic E-state index is 0.0444. The number of rotatable bonds is 4. The summed E-state index contributed by atoms with van der Waals surface area (Å²) in [6.07, 6.45) is 6.13. The smallest absolute Gasteiger partial charge is 0.259 e. The number of fused-ring (bicyclic) bond motifs is 1. The van der Waals surface area contributed by atoms with Gasteiger partial charge in [-0.2, -0.15) is 4.98 Å². The van der Waals surface area contributed by atoms with Crippen LogP contribution in [0.1, 0.15) is 54.1 Å². The second kappa shape index (κ2) is 8.06. The van der Waals surface area contributed by atoms with E-state index < -0.39 is 0 Å². The van der Waals surface area contributed by atoms with Gasteiger partial charge in [-0.3, -0.25) is 4.79 Å². The molecule has 32 heavy (non-hydrogen) atoms. The molecule has 2 aliphatic rings. The molecular formula is C25H29N5O2. The van der Waals surface area contributed by atoms with Crippen molar-refractivity contribution in [2.45, 2.75) is 52.5 Å². The van der Waals surface area contributed by atoms with Gasteiger partial charge in [-0.15, -0.1) is 0 Å². The standard InChI is InChI=1S/C25H29N5O2/c1-14-10-15(2)27-22(14)12-21-20-9-6-18(24-28-16(3)32-29-24)11-23(20)30(25(21)31)13-17-4-7-19(26)8-5-17/h6,9-12,17,19,27H,4-5,7-8,13,26H2,1-3H3/b21-12-. The molecule has 1 saturated carbocycles. The van der Waals surface area contributed by atoms with E-state index >= 15 is 0 Å². The Bertz CT molecular complexity index is 1200. The highest BCUT2D eigenvalue weighted by Gasteiger charge is 2.35. The number of nitrogens with one attached hydrogen (secondary N) is 1. The number of carbonyl (C=O) groups is 1. The number of hydrogen-bond donors (Lipinski definition) is 2. The highest BCUT2D eigenvalue weighted by atomic mass is 16.5. The van der Waals surface area contributed by atoms with Crippen molar-refractivity contribution in [1.82, 2.24) is 15.1 Å². The predicted molar refractivity (Wildman–Crippen MR) is 125 cm³/mol. The fourth-order valence-electron chi connectivity index (χ4n) is 4.90. The van der Waals surface area contributed by atoms with Gasteiger partial charge in [0, 0.05) is 42.0 Å². The third kappa shape index (κ3) is 3.77. The zero-order valence-corrected chi connectivity index (χ0v) is 18.8. The maximum Gasteiger partial charge on any atom is 0.259 e. The van der Waals surface area contributed by atoms with Gasteiger partial charge in [-0.05, 0) is 69.2 Å². The van der Waals surface area contributed by atoms with Crippen LogP contribution in [0.15, 0.2) is 28.8 Å². The Balaban J connectivity index is 1.55. The normalized spacial score (nSPS) is 22.1. The largest absolute Gasteiger partial charge is 0.359 e. The van der Waals surface area contributed by atoms with Gasteiger partial charge in [-0.25, -0.2) is 0 Å². The Kier molecular flexibility index (Phi) is 5.21. The van der Waals surface area contributed by atoms with Gasteiger partial charge >= 0.3 is 0 Å². The molecule has 1 aromatic carbocycles. The molecule has 5 rings (SSSR count). The number of aromatic amines is 1. The molecule has 1 aliphatic heterocycles. The summed E-state index contributed by atoms with van der Waals surface area (Å²) >= 11 is 0. The van der Waals surface area contributed by atoms with Gasteiger partial charge in [0.25, 0.3) is 5.91 Å². The Hall–Kier alpha value is -3.19. The molecule has 7 nitrogen and oxygen atoms in total. The fourth-order valence-corrected chi connectivity index (χ4v) is 4.90. The first-order chi connectivity index (χ1) is 15.4. The predicted octanol–water partition coefficient (Wildman–Crippen LogP) is 4.39. The number of amides is 1. The van der Waals surface area contributed by atoms with Crippen LogP contribution in [0.25, 0.3) is 23.0 Å². The summed E-state index contributed by atoms with van der Waals surface area (Å²) < 4.78 is 5.16. The molecule has 166 valence electrons. The zero-order valence-electron chi connectivity index (χ0n) is 18.8. The first-order valence-electron chi connectivity index (χ1n) is 11.3. The lowest BCUT2D eigenvalue weighted by atomic mass is 9.86. The summed E-state index contributed by atoms with van der Waals surface area (Å²) in [5, 5.41) is 4.06. The maximum atomic E-state index is 13.6. The van der Waals surface area contributed by atoms with E-state index in [9.17, 15) is 4.79 Å². The van der Waals surface area contributed by atoms with E-state index in [1.165, 1.54) is 0 Å². The minimum Gasteiger partial charge on any atom is -0.359 e. The molecule has 3 aromatic rings. The number of aromatic nitrogens is 3. The van der Waals surface area contributed by atoms with Crippen LogP contribution in [0.3, 0.4) is 0 Å². The van der Waals surface area contributed by atoms with E-state index in [4.69, 9.17) is 10.3 Å². The van der Waals surface area contributed by atoms with Crippen molar-refractivity contribution in [3.63, 3.8) is 0 Å². The number of aryl methyl sites for hydroxylation is 3. The molecule has 3 N–H and O–H groups in total. The molecule has 7 heteroatoms. The van der Waals surface area contributed by atoms with E-state index in [-0.39, 0.29) is 11.9 Å². The first-order valence-corrected chi connectivity index (χ1v) is 11.3. The van der Waals surface area contributed by atoms with Crippen molar-refractivity contribution >= 4 is 23.2 Å². The van der Waals surface area contributed by atoms with E-state index in [0.29, 0.717) is 29.8 Å². The Morgan fingerprint density at radius 3 is 2.62 bits per heavy atom. The van der Waals surface area contributed by atoms with Crippen LogP contribution in [-0.4, -0.2) is 33.6 Å². The highest BCUT2D eigenvalue weighted by Crippen LogP contribution is 2.41. The van der Waals surface area contributed by atoms with Crippen molar-refractivity contribution in [1.29, 1.82) is 0 Å². The van der Waals surface area contributed by atoms with Crippen molar-refractivity contribution < 1.29 is 9.32 Å². The molecule has 1 aliphatic carbocycles. The summed E-state index contributed by atoms with van der Waals surface area (Å²) in [4.78, 5) is 23.3. The number of carbonyl (C=O) groups excluding carboxylic acids is 1. The van der Waals surface area contributed by atoms with Crippen LogP contribution < -0.4 is 10.6 Å². The molecule has 0 saturated heterocycles. The minimum absolute atomic E-state index is 0.0444. The summed E-state index contributed by atoms with van der Waals surface area (Å²) in [6.45, 7) is 6.56. The van der Waals surface area contributed by atoms with E-state index in [1.807, 2.05) is 36.1 Å². The monoisotopic (exact) mass is 431 g/mol. The van der Waals surface area contributed by atoms with Crippen LogP contribution in [0.2, 0.25) is 0 Å². The number of nitrogens with two attached hydrogens (primary N) is 1. The number of nitrogens with zero attached hydrogens (tertiary/aromatic N) is 3. The number of H-pyrrole nitrogens is 1. The molecule has 0 atom stereocenters. The lowest BCUT2D eigenvalue weighted by Crippen LogP contribution is -2.36. The Morgan fingerprint density at radius 1 is 1.19 bits per heavy atom. The average Bonchev–Trinajstić information content (AvgIpc) is 3.41. The lowest BCUT2D eigenvalue weighted by molar-refractivity contribution is -0.113. The molecular weight excluding hydrogens is 402 g/mol. The summed E-state index contributed by atoms with van der Waals surface area (Å²) in [7, 11) is 0. The maximum absolute atomic E-state index is 13.6. The summed E-state index contributed by atoms with van der Waals surface area (Å²) in [5.74, 6) is 1.55. The van der Waals surface area contributed by atoms with Crippen molar-refractivity contribution in [2.24, 2.45) is 11.7 Å². The van der Waals surface area contributed by atoms with Gasteiger partial charge in [0.1, 0.15) is 0 Å². The van der Waals surface area contributed by atoms with Crippen LogP contribution in [0.4, 0.5) is 5.69 Å². The second-order valence-electron chi connectivity index (χ2n) is 9.17. The van der Waals surface area contributed by atoms with E-state index in [2.05, 4.69) is 28.1 Å². The van der Waals surface area contributed by atoms with Crippen molar-refractivity contribution in [3.8, 4) is 11.4 Å². The molecule has 3 heterocycles. The molecule has 1 fully saturated rings. The van der Waals surface area contributed by atoms with Crippen LogP contribution in [0.5, 0.6) is 0 Å². The Labute approximate surface area is 187 Å². The molecule has 1 amide bonds. The fraction of sp³-hybridized carbons (Fsp3) is 0.400. The summed E-state index contributed by atoms with van der Waals surface area (Å²) in [6, 6.07) is 8.36. The Morgan fingerprint density at radius 2 is 1.97 bits per heavy atom. The highest BCUT2D eigenvalue weighted by molar-refractivity contribution is 6.36. The number of hydrogen-bond acceptors (Lipinski definition) is 5. The number of benzene rings is 1. The van der Waals surface area contributed by atoms with E-state index in [0.717, 1.165) is 59.4 Å². The third-order valence-electron chi connectivity index (χ3n) is 6.65. The SMILES string of the molecule is Cc1cc(C)c(/C=C2\C(=O)N(CC3CCC(N)CC3)c3cc(-c4noc(C)n4)ccc32)[nH]1. The van der Waals surface area contributed by atoms with E-state index in [1.54, 1.807) is 6.92 Å². The van der Waals surface area contributed by atoms with Crippen molar-refractivity contribution in [3.05, 3.63) is 52.7 Å². The van der Waals surface area contributed by atoms with Crippen molar-refractivity contribution in [2.75, 3.05) is 11.4 Å². The molecule has 0 radical (unpaired) electrons. The second-order valence-corrected chi connectivity index (χ2v) is 9.17. The third-order valence-corrected chi connectivity index (χ3v) is 6.65. The van der Waals surface area contributed by atoms with Gasteiger partial charge in [-0.1, -0.05) is 17.3 Å². The van der Waals surface area contributed by atoms with Crippen LogP contribution >= 0.6 is 0 Å². The molecule has 0 bridgehead atoms. The van der Waals surface area contributed by atoms with Gasteiger partial charge < -0.3 is 20.1 Å². The van der Waals surface area contributed by atoms with Gasteiger partial charge in [0.15, 0.2) is 0 Å². The molecule has 2 aromatic heterocycles. The van der Waals surface area contributed by atoms with Gasteiger partial charge in [0.2, 0.25) is 11.7 Å². The zero-order chi connectivity index (χ0) is 22.4. The van der Waals surface area contributed by atoms with Crippen LogP contribution in [-0.2, 0) is 4.79 Å². The average molecular weight is 432 g/mol. The van der Waals surface area contributed by atoms with Crippen LogP contribution in [0, 0.1) is 26.7 Å². The van der Waals surface area contributed by atoms with Gasteiger partial charge in [0.05, 0.1) is 11.3 Å². The molecule has 0 unspecified atom stereocenters. The quantitative estimate of drug-likeness (QED) is 0.597. The number of anilines is 1. The molecule has 0 spiro atoms. The lowest BCUT2D eigenvalue weighted by Gasteiger charge is -2.30. The first kappa shape index (κ1) is 20.7.